The second-order valence-corrected chi connectivity index (χ2v) is 5.58. The molecular formula is C17H17ClF3N3O2. The Morgan fingerprint density at radius 1 is 1.23 bits per heavy atom. The zero-order chi connectivity index (χ0) is 17.9. The van der Waals surface area contributed by atoms with Crippen LogP contribution in [0.3, 0.4) is 0 Å². The first kappa shape index (κ1) is 20.0. The van der Waals surface area contributed by atoms with Crippen LogP contribution in [-0.2, 0) is 0 Å². The fraction of sp³-hybridized carbons (Fsp3) is 0.294. The van der Waals surface area contributed by atoms with Gasteiger partial charge in [0.2, 0.25) is 0 Å². The van der Waals surface area contributed by atoms with Gasteiger partial charge in [-0.05, 0) is 35.9 Å². The van der Waals surface area contributed by atoms with Gasteiger partial charge in [0.25, 0.3) is 5.91 Å². The number of alkyl halides is 3. The number of nitrogens with one attached hydrogen (secondary N) is 1. The van der Waals surface area contributed by atoms with E-state index in [1.807, 2.05) is 6.07 Å². The largest absolute Gasteiger partial charge is 0.573 e. The molecule has 3 rings (SSSR count). The number of hydrogen-bond acceptors (Lipinski definition) is 4. The normalized spacial score (nSPS) is 17.3. The highest BCUT2D eigenvalue weighted by Gasteiger charge is 2.32. The summed E-state index contributed by atoms with van der Waals surface area (Å²) >= 11 is 0. The summed E-state index contributed by atoms with van der Waals surface area (Å²) in [5.74, 6) is -0.595. The van der Waals surface area contributed by atoms with Crippen LogP contribution in [-0.4, -0.2) is 41.8 Å². The Morgan fingerprint density at radius 2 is 1.96 bits per heavy atom. The van der Waals surface area contributed by atoms with Gasteiger partial charge >= 0.3 is 6.36 Å². The number of carbonyl (C=O) groups is 1. The van der Waals surface area contributed by atoms with Crippen molar-refractivity contribution in [3.63, 3.8) is 0 Å². The number of benzene rings is 1. The number of pyridine rings is 1. The minimum Gasteiger partial charge on any atom is -0.406 e. The lowest BCUT2D eigenvalue weighted by Crippen LogP contribution is -2.48. The Balaban J connectivity index is 0.00000243. The van der Waals surface area contributed by atoms with Crippen LogP contribution in [0.15, 0.2) is 48.8 Å². The van der Waals surface area contributed by atoms with Crippen LogP contribution in [0.2, 0.25) is 0 Å². The Kier molecular flexibility index (Phi) is 6.44. The standard InChI is InChI=1S/C17H16F3N3O2.ClH/c18-17(19,20)25-14-5-3-12(4-6-14)16(24)23-9-8-22-11-15(23)13-2-1-7-21-10-13;/h1-7,10,15,22H,8-9,11H2;1H. The summed E-state index contributed by atoms with van der Waals surface area (Å²) in [6.45, 7) is 1.74. The first-order chi connectivity index (χ1) is 11.9. The van der Waals surface area contributed by atoms with Crippen molar-refractivity contribution in [3.05, 3.63) is 59.9 Å². The summed E-state index contributed by atoms with van der Waals surface area (Å²) in [6.07, 6.45) is -1.39. The molecule has 2 heterocycles. The number of rotatable bonds is 3. The fourth-order valence-electron chi connectivity index (χ4n) is 2.78. The molecule has 1 aromatic heterocycles. The Bertz CT molecular complexity index is 726. The maximum Gasteiger partial charge on any atom is 0.573 e. The summed E-state index contributed by atoms with van der Waals surface area (Å²) in [5, 5.41) is 3.24. The fourth-order valence-corrected chi connectivity index (χ4v) is 2.78. The van der Waals surface area contributed by atoms with Crippen molar-refractivity contribution in [1.29, 1.82) is 0 Å². The monoisotopic (exact) mass is 387 g/mol. The predicted octanol–water partition coefficient (Wildman–Crippen LogP) is 3.19. The van der Waals surface area contributed by atoms with E-state index in [2.05, 4.69) is 15.0 Å². The molecule has 1 aliphatic rings. The molecule has 1 unspecified atom stereocenters. The maximum atomic E-state index is 12.8. The molecule has 1 fully saturated rings. The van der Waals surface area contributed by atoms with Gasteiger partial charge in [-0.1, -0.05) is 6.07 Å². The van der Waals surface area contributed by atoms with Gasteiger partial charge in [0, 0.05) is 37.6 Å². The highest BCUT2D eigenvalue weighted by Crippen LogP contribution is 2.26. The number of piperazine rings is 1. The Hall–Kier alpha value is -2.32. The van der Waals surface area contributed by atoms with E-state index < -0.39 is 6.36 Å². The van der Waals surface area contributed by atoms with Crippen LogP contribution < -0.4 is 10.1 Å². The zero-order valence-electron chi connectivity index (χ0n) is 13.6. The molecule has 1 saturated heterocycles. The molecule has 140 valence electrons. The molecule has 1 aliphatic heterocycles. The second-order valence-electron chi connectivity index (χ2n) is 5.58. The highest BCUT2D eigenvalue weighted by atomic mass is 35.5. The van der Waals surface area contributed by atoms with Gasteiger partial charge in [0.05, 0.1) is 6.04 Å². The summed E-state index contributed by atoms with van der Waals surface area (Å²) in [4.78, 5) is 18.6. The summed E-state index contributed by atoms with van der Waals surface area (Å²) in [6, 6.07) is 8.48. The molecule has 1 N–H and O–H groups in total. The first-order valence-corrected chi connectivity index (χ1v) is 7.71. The van der Waals surface area contributed by atoms with Crippen LogP contribution in [0.1, 0.15) is 22.0 Å². The number of hydrogen-bond donors (Lipinski definition) is 1. The van der Waals surface area contributed by atoms with Crippen molar-refractivity contribution in [1.82, 2.24) is 15.2 Å². The average Bonchev–Trinajstić information content (AvgIpc) is 2.61. The van der Waals surface area contributed by atoms with Crippen LogP contribution in [0, 0.1) is 0 Å². The van der Waals surface area contributed by atoms with Gasteiger partial charge in [0.1, 0.15) is 5.75 Å². The quantitative estimate of drug-likeness (QED) is 0.878. The molecule has 9 heteroatoms. The number of carbonyl (C=O) groups excluding carboxylic acids is 1. The van der Waals surface area contributed by atoms with Crippen molar-refractivity contribution in [2.75, 3.05) is 19.6 Å². The third-order valence-corrected chi connectivity index (χ3v) is 3.91. The van der Waals surface area contributed by atoms with Gasteiger partial charge in [-0.2, -0.15) is 0 Å². The zero-order valence-corrected chi connectivity index (χ0v) is 14.4. The molecule has 1 atom stereocenters. The maximum absolute atomic E-state index is 12.8. The van der Waals surface area contributed by atoms with Gasteiger partial charge in [-0.3, -0.25) is 9.78 Å². The molecule has 5 nitrogen and oxygen atoms in total. The number of amides is 1. The predicted molar refractivity (Wildman–Crippen MR) is 91.3 cm³/mol. The van der Waals surface area contributed by atoms with Gasteiger partial charge < -0.3 is 15.0 Å². The van der Waals surface area contributed by atoms with E-state index in [0.29, 0.717) is 25.2 Å². The van der Waals surface area contributed by atoms with Crippen molar-refractivity contribution >= 4 is 18.3 Å². The Morgan fingerprint density at radius 3 is 2.58 bits per heavy atom. The van der Waals surface area contributed by atoms with Crippen molar-refractivity contribution in [3.8, 4) is 5.75 Å². The highest BCUT2D eigenvalue weighted by molar-refractivity contribution is 5.94. The van der Waals surface area contributed by atoms with Crippen LogP contribution in [0.5, 0.6) is 5.75 Å². The lowest BCUT2D eigenvalue weighted by atomic mass is 10.0. The molecule has 0 radical (unpaired) electrons. The second kappa shape index (κ2) is 8.37. The summed E-state index contributed by atoms with van der Waals surface area (Å²) in [7, 11) is 0. The van der Waals surface area contributed by atoms with Gasteiger partial charge in [-0.25, -0.2) is 0 Å². The van der Waals surface area contributed by atoms with Crippen LogP contribution >= 0.6 is 12.4 Å². The van der Waals surface area contributed by atoms with Crippen LogP contribution in [0.25, 0.3) is 0 Å². The SMILES string of the molecule is Cl.O=C(c1ccc(OC(F)(F)F)cc1)N1CCNCC1c1cccnc1. The summed E-state index contributed by atoms with van der Waals surface area (Å²) < 4.78 is 40.5. The molecule has 1 aromatic carbocycles. The molecule has 0 spiro atoms. The van der Waals surface area contributed by atoms with E-state index in [4.69, 9.17) is 0 Å². The molecule has 1 amide bonds. The summed E-state index contributed by atoms with van der Waals surface area (Å²) in [5.41, 5.74) is 1.21. The number of halogens is 4. The Labute approximate surface area is 154 Å². The molecule has 2 aromatic rings. The topological polar surface area (TPSA) is 54.5 Å². The lowest BCUT2D eigenvalue weighted by Gasteiger charge is -2.36. The molecule has 26 heavy (non-hydrogen) atoms. The van der Waals surface area contributed by atoms with Crippen molar-refractivity contribution in [2.45, 2.75) is 12.4 Å². The lowest BCUT2D eigenvalue weighted by molar-refractivity contribution is -0.274. The number of ether oxygens (including phenoxy) is 1. The molecule has 0 bridgehead atoms. The average molecular weight is 388 g/mol. The van der Waals surface area contributed by atoms with E-state index in [1.165, 1.54) is 12.1 Å². The van der Waals surface area contributed by atoms with E-state index >= 15 is 0 Å². The minimum absolute atomic E-state index is 0. The van der Waals surface area contributed by atoms with E-state index in [0.717, 1.165) is 17.7 Å². The van der Waals surface area contributed by atoms with Crippen molar-refractivity contribution < 1.29 is 22.7 Å². The minimum atomic E-state index is -4.75. The number of aromatic nitrogens is 1. The van der Waals surface area contributed by atoms with E-state index in [9.17, 15) is 18.0 Å². The smallest absolute Gasteiger partial charge is 0.406 e. The van der Waals surface area contributed by atoms with Crippen LogP contribution in [0.4, 0.5) is 13.2 Å². The van der Waals surface area contributed by atoms with Gasteiger partial charge in [0.15, 0.2) is 0 Å². The third-order valence-electron chi connectivity index (χ3n) is 3.91. The third kappa shape index (κ3) is 4.86. The van der Waals surface area contributed by atoms with Crippen molar-refractivity contribution in [2.24, 2.45) is 0 Å². The molecule has 0 saturated carbocycles. The first-order valence-electron chi connectivity index (χ1n) is 7.71. The number of nitrogens with zero attached hydrogens (tertiary/aromatic N) is 2. The van der Waals surface area contributed by atoms with Gasteiger partial charge in [-0.15, -0.1) is 25.6 Å². The van der Waals surface area contributed by atoms with E-state index in [-0.39, 0.29) is 30.1 Å². The molecule has 0 aliphatic carbocycles. The molecular weight excluding hydrogens is 371 g/mol. The van der Waals surface area contributed by atoms with E-state index in [1.54, 1.807) is 23.4 Å².